The van der Waals surface area contributed by atoms with E-state index in [2.05, 4.69) is 90.2 Å². The molecule has 10 N–H and O–H groups in total. The molecule has 10 nitrogen and oxygen atoms in total. The number of rotatable bonds is 7. The van der Waals surface area contributed by atoms with Gasteiger partial charge in [0.2, 0.25) is 0 Å². The van der Waals surface area contributed by atoms with Gasteiger partial charge in [-0.1, -0.05) is 60.7 Å². The molecule has 0 radical (unpaired) electrons. The van der Waals surface area contributed by atoms with Crippen LogP contribution >= 0.6 is 136 Å². The van der Waals surface area contributed by atoms with Crippen LogP contribution in [0.2, 0.25) is 0 Å². The Morgan fingerprint density at radius 1 is 0.367 bits per heavy atom. The van der Waals surface area contributed by atoms with Crippen LogP contribution in [0.4, 0.5) is 4.39 Å². The maximum Gasteiger partial charge on any atom is 0.123 e. The molecule has 0 amide bonds. The van der Waals surface area contributed by atoms with Crippen LogP contribution in [-0.2, 0) is 13.1 Å². The highest BCUT2D eigenvalue weighted by molar-refractivity contribution is 8.93. The Bertz CT molecular complexity index is 1240. The molecule has 0 bridgehead atoms. The standard InChI is InChI=1S/C41H63FN8.8BrH.2H2O/c42-40-15-13-39(14-16-40)41(37-9-5-35(6-10-37)33-49-29-3-21-45-25-23-43-17-1-19-47-27-31-49)38-11-7-36(8-12-38)34-50-30-4-22-46-26-24-44-18-2-20-48-28-32-50;;;;;;;;;;/h5-16,41,43-48H,1-4,17-34H2;8*1H;2*1H2. The minimum atomic E-state index is -0.199. The molecule has 2 fully saturated rings. The van der Waals surface area contributed by atoms with Crippen molar-refractivity contribution in [2.24, 2.45) is 0 Å². The van der Waals surface area contributed by atoms with Crippen molar-refractivity contribution in [2.45, 2.75) is 44.7 Å². The smallest absolute Gasteiger partial charge is 0.123 e. The number of nitrogens with one attached hydrogen (secondary N) is 6. The molecule has 19 heteroatoms. The third-order valence-electron chi connectivity index (χ3n) is 9.88. The molecule has 0 aliphatic carbocycles. The van der Waals surface area contributed by atoms with Crippen LogP contribution in [0.5, 0.6) is 0 Å². The van der Waals surface area contributed by atoms with Crippen LogP contribution in [0.25, 0.3) is 0 Å². The highest BCUT2D eigenvalue weighted by Gasteiger charge is 2.18. The minimum absolute atomic E-state index is 0. The first-order valence-corrected chi connectivity index (χ1v) is 19.4. The Kier molecular flexibility index (Phi) is 54.7. The van der Waals surface area contributed by atoms with Crippen molar-refractivity contribution in [3.8, 4) is 0 Å². The van der Waals surface area contributed by atoms with Gasteiger partial charge < -0.3 is 42.9 Å². The molecule has 2 saturated heterocycles. The van der Waals surface area contributed by atoms with E-state index in [1.54, 1.807) is 12.1 Å². The van der Waals surface area contributed by atoms with E-state index >= 15 is 0 Å². The summed E-state index contributed by atoms with van der Waals surface area (Å²) in [4.78, 5) is 5.16. The largest absolute Gasteiger partial charge is 0.412 e. The summed E-state index contributed by atoms with van der Waals surface area (Å²) in [6.07, 6.45) is 4.60. The van der Waals surface area contributed by atoms with Gasteiger partial charge in [0.1, 0.15) is 5.82 Å². The first-order chi connectivity index (χ1) is 24.7. The van der Waals surface area contributed by atoms with E-state index in [4.69, 9.17) is 0 Å². The van der Waals surface area contributed by atoms with Crippen molar-refractivity contribution in [3.05, 3.63) is 106 Å². The third kappa shape index (κ3) is 28.8. The number of nitrogens with zero attached hydrogens (tertiary/aromatic N) is 2. The zero-order valence-electron chi connectivity index (χ0n) is 34.6. The second kappa shape index (κ2) is 45.2. The second-order valence-electron chi connectivity index (χ2n) is 13.9. The van der Waals surface area contributed by atoms with Crippen molar-refractivity contribution in [1.82, 2.24) is 41.7 Å². The fraction of sp³-hybridized carbons (Fsp3) is 0.561. The van der Waals surface area contributed by atoms with Crippen molar-refractivity contribution in [3.63, 3.8) is 0 Å². The molecule has 0 spiro atoms. The number of hydrogen-bond acceptors (Lipinski definition) is 8. The Morgan fingerprint density at radius 3 is 0.983 bits per heavy atom. The molecule has 2 heterocycles. The molecule has 3 aromatic carbocycles. The van der Waals surface area contributed by atoms with E-state index in [1.807, 2.05) is 12.1 Å². The Labute approximate surface area is 444 Å². The lowest BCUT2D eigenvalue weighted by Gasteiger charge is -2.25. The minimum Gasteiger partial charge on any atom is -0.412 e. The van der Waals surface area contributed by atoms with Gasteiger partial charge >= 0.3 is 0 Å². The predicted molar refractivity (Wildman–Crippen MR) is 296 cm³/mol. The van der Waals surface area contributed by atoms with Gasteiger partial charge in [-0.15, -0.1) is 136 Å². The van der Waals surface area contributed by atoms with Crippen LogP contribution < -0.4 is 31.9 Å². The Balaban J connectivity index is -0.000000729. The van der Waals surface area contributed by atoms with Crippen molar-refractivity contribution >= 4 is 136 Å². The molecule has 0 saturated carbocycles. The summed E-state index contributed by atoms with van der Waals surface area (Å²) in [5.74, 6) is -0.159. The summed E-state index contributed by atoms with van der Waals surface area (Å²) >= 11 is 0. The lowest BCUT2D eigenvalue weighted by atomic mass is 9.84. The van der Waals surface area contributed by atoms with Crippen LogP contribution in [0.3, 0.4) is 0 Å². The topological polar surface area (TPSA) is 142 Å². The van der Waals surface area contributed by atoms with Crippen LogP contribution in [0, 0.1) is 5.82 Å². The van der Waals surface area contributed by atoms with Crippen LogP contribution in [-0.4, -0.2) is 125 Å². The molecule has 2 aliphatic rings. The molecular formula is C41H75Br8FN8O2. The third-order valence-corrected chi connectivity index (χ3v) is 9.88. The molecule has 354 valence electrons. The second-order valence-corrected chi connectivity index (χ2v) is 13.9. The molecule has 0 aromatic heterocycles. The number of benzene rings is 3. The van der Waals surface area contributed by atoms with Crippen molar-refractivity contribution in [1.29, 1.82) is 0 Å². The van der Waals surface area contributed by atoms with Crippen LogP contribution in [0.15, 0.2) is 72.8 Å². The molecule has 3 aromatic rings. The van der Waals surface area contributed by atoms with E-state index in [1.165, 1.54) is 22.3 Å². The van der Waals surface area contributed by atoms with Gasteiger partial charge in [0.15, 0.2) is 0 Å². The number of hydrogen-bond donors (Lipinski definition) is 6. The normalized spacial score (nSPS) is 16.5. The maximum absolute atomic E-state index is 14.0. The summed E-state index contributed by atoms with van der Waals surface area (Å²) in [5.41, 5.74) is 6.24. The van der Waals surface area contributed by atoms with E-state index in [9.17, 15) is 4.39 Å². The van der Waals surface area contributed by atoms with Gasteiger partial charge in [0, 0.05) is 71.4 Å². The molecule has 2 aliphatic heterocycles. The zero-order valence-corrected chi connectivity index (χ0v) is 48.3. The molecule has 60 heavy (non-hydrogen) atoms. The molecule has 5 rings (SSSR count). The summed E-state index contributed by atoms with van der Waals surface area (Å²) in [6, 6.07) is 25.4. The maximum atomic E-state index is 14.0. The highest BCUT2D eigenvalue weighted by Crippen LogP contribution is 2.33. The average Bonchev–Trinajstić information content (AvgIpc) is 3.13. The average molecular weight is 1370 g/mol. The van der Waals surface area contributed by atoms with Crippen molar-refractivity contribution < 1.29 is 15.3 Å². The summed E-state index contributed by atoms with van der Waals surface area (Å²) < 4.78 is 14.0. The van der Waals surface area contributed by atoms with Gasteiger partial charge in [-0.3, -0.25) is 9.80 Å². The number of halogens is 9. The fourth-order valence-electron chi connectivity index (χ4n) is 7.03. The fourth-order valence-corrected chi connectivity index (χ4v) is 7.03. The van der Waals surface area contributed by atoms with Gasteiger partial charge in [-0.2, -0.15) is 0 Å². The first kappa shape index (κ1) is 72.6. The zero-order chi connectivity index (χ0) is 34.5. The first-order valence-electron chi connectivity index (χ1n) is 19.4. The van der Waals surface area contributed by atoms with E-state index in [-0.39, 0.29) is 159 Å². The summed E-state index contributed by atoms with van der Waals surface area (Å²) in [6.45, 7) is 18.6. The van der Waals surface area contributed by atoms with Gasteiger partial charge in [-0.25, -0.2) is 4.39 Å². The lowest BCUT2D eigenvalue weighted by Crippen LogP contribution is -2.36. The molecular weight excluding hydrogens is 1290 g/mol. The monoisotopic (exact) mass is 1360 g/mol. The Hall–Kier alpha value is 1.03. The highest BCUT2D eigenvalue weighted by atomic mass is 79.9. The molecule has 0 unspecified atom stereocenters. The Morgan fingerprint density at radius 2 is 0.650 bits per heavy atom. The quantitative estimate of drug-likeness (QED) is 0.144. The van der Waals surface area contributed by atoms with Gasteiger partial charge in [0.25, 0.3) is 0 Å². The summed E-state index contributed by atoms with van der Waals surface area (Å²) in [5, 5.41) is 21.4. The lowest BCUT2D eigenvalue weighted by molar-refractivity contribution is 0.260. The van der Waals surface area contributed by atoms with Crippen molar-refractivity contribution in [2.75, 3.05) is 105 Å². The molecule has 0 atom stereocenters. The SMILES string of the molecule is Br.Br.Br.Br.Br.Br.Br.Br.Fc1ccc(C(c2ccc(CN3CCCNCCNCCCNCC3)cc2)c2ccc(CN3CCCNCCNCCCNCC3)cc2)cc1.O.O. The van der Waals surface area contributed by atoms with E-state index < -0.39 is 0 Å². The van der Waals surface area contributed by atoms with Gasteiger partial charge in [-0.05, 0) is 118 Å². The van der Waals surface area contributed by atoms with E-state index in [0.29, 0.717) is 0 Å². The van der Waals surface area contributed by atoms with Gasteiger partial charge in [0.05, 0.1) is 0 Å². The predicted octanol–water partition coefficient (Wildman–Crippen LogP) is 6.71. The van der Waals surface area contributed by atoms with E-state index in [0.717, 1.165) is 149 Å². The van der Waals surface area contributed by atoms with Crippen LogP contribution in [0.1, 0.15) is 59.4 Å². The summed E-state index contributed by atoms with van der Waals surface area (Å²) in [7, 11) is 0.